The van der Waals surface area contributed by atoms with Crippen LogP contribution >= 0.6 is 0 Å². The van der Waals surface area contributed by atoms with Crippen molar-refractivity contribution in [1.82, 2.24) is 0 Å². The zero-order valence-electron chi connectivity index (χ0n) is 2.36. The van der Waals surface area contributed by atoms with Crippen LogP contribution in [-0.2, 0) is 26.0 Å². The van der Waals surface area contributed by atoms with Crippen molar-refractivity contribution in [2.24, 2.45) is 0 Å². The molecule has 0 aliphatic heterocycles. The first kappa shape index (κ1) is 12.1. The summed E-state index contributed by atoms with van der Waals surface area (Å²) >= 11 is 12.1. The molecule has 40 valence electrons. The second-order valence-corrected chi connectivity index (χ2v) is 23.5. The van der Waals surface area contributed by atoms with Crippen LogP contribution in [0.1, 0.15) is 0 Å². The molecule has 0 heterocycles. The first-order valence-electron chi connectivity index (χ1n) is 0.592. The summed E-state index contributed by atoms with van der Waals surface area (Å²) in [7, 11) is 0. The molecule has 0 nitrogen and oxygen atoms in total. The maximum atomic E-state index is 2.92. The Hall–Kier alpha value is 3.43. The van der Waals surface area contributed by atoms with Gasteiger partial charge in [0.1, 0.15) is 0 Å². The minimum atomic E-state index is -0.000000000000000111. The second kappa shape index (κ2) is 15.8. The summed E-state index contributed by atoms with van der Waals surface area (Å²) in [5.41, 5.74) is 0. The molecule has 6 heteroatoms. The average molecular weight is 606 g/mol. The van der Waals surface area contributed by atoms with Crippen molar-refractivity contribution in [3.8, 4) is 0 Å². The van der Waals surface area contributed by atoms with Crippen molar-refractivity contribution >= 4 is 51.5 Å². The molecule has 0 saturated carbocycles. The van der Waals surface area contributed by atoms with Crippen LogP contribution in [0.4, 0.5) is 0 Å². The van der Waals surface area contributed by atoms with Gasteiger partial charge in [-0.25, -0.2) is 0 Å². The van der Waals surface area contributed by atoms with Gasteiger partial charge in [0, 0.05) is 0 Å². The molecule has 0 aromatic carbocycles. The monoisotopic (exact) mass is 610 g/mol. The Balaban J connectivity index is 0. The summed E-state index contributed by atoms with van der Waals surface area (Å²) < 4.78 is 0. The summed E-state index contributed by atoms with van der Waals surface area (Å²) in [5.74, 6) is 0. The van der Waals surface area contributed by atoms with Gasteiger partial charge in [0.2, 0.25) is 0 Å². The first-order valence-corrected chi connectivity index (χ1v) is 22.1. The Morgan fingerprint density at radius 3 is 1.17 bits per heavy atom. The van der Waals surface area contributed by atoms with Crippen LogP contribution in [0.15, 0.2) is 0 Å². The predicted molar refractivity (Wildman–Crippen MR) is 23.0 cm³/mol. The van der Waals surface area contributed by atoms with E-state index >= 15 is 0 Å². The van der Waals surface area contributed by atoms with E-state index in [2.05, 4.69) is 51.5 Å². The summed E-state index contributed by atoms with van der Waals surface area (Å²) in [4.78, 5) is 0. The summed E-state index contributed by atoms with van der Waals surface area (Å²) in [6, 6.07) is 0. The third kappa shape index (κ3) is 26.1. The van der Waals surface area contributed by atoms with E-state index < -0.39 is 0 Å². The van der Waals surface area contributed by atoms with Gasteiger partial charge in [-0.2, -0.15) is 0 Å². The van der Waals surface area contributed by atoms with Gasteiger partial charge < -0.3 is 0 Å². The summed E-state index contributed by atoms with van der Waals surface area (Å²) in [5, 5.41) is 0. The molecule has 6 heavy (non-hydrogen) atoms. The van der Waals surface area contributed by atoms with Gasteiger partial charge in [0.25, 0.3) is 0 Å². The van der Waals surface area contributed by atoms with Crippen molar-refractivity contribution in [3.05, 3.63) is 0 Å². The third-order valence-corrected chi connectivity index (χ3v) is 0. The van der Waals surface area contributed by atoms with E-state index in [4.69, 9.17) is 0 Å². The van der Waals surface area contributed by atoms with Crippen LogP contribution in [0.2, 0.25) is 0 Å². The number of hydrogen-bond acceptors (Lipinski definition) is 0. The van der Waals surface area contributed by atoms with Crippen LogP contribution in [0.5, 0.6) is 0 Å². The summed E-state index contributed by atoms with van der Waals surface area (Å²) in [6.07, 6.45) is 0. The Bertz CT molecular complexity index is 61.5. The van der Waals surface area contributed by atoms with Gasteiger partial charge in [0.15, 0.2) is 0 Å². The zero-order valence-corrected chi connectivity index (χ0v) is 13.7. The van der Waals surface area contributed by atoms with E-state index in [0.717, 1.165) is 0 Å². The SMILES string of the molecule is [Se]=[Pd]=[Se].[Se]=[W]=[Se]. The molecule has 0 rings (SSSR count). The molecule has 0 aliphatic rings. The van der Waals surface area contributed by atoms with Crippen molar-refractivity contribution in [2.75, 3.05) is 0 Å². The van der Waals surface area contributed by atoms with Crippen molar-refractivity contribution in [2.45, 2.75) is 0 Å². The molecule has 0 aliphatic carbocycles. The Labute approximate surface area is 75.7 Å². The molecule has 0 aromatic rings. The van der Waals surface area contributed by atoms with Gasteiger partial charge in [-0.15, -0.1) is 0 Å². The van der Waals surface area contributed by atoms with Gasteiger partial charge in [-0.3, -0.25) is 0 Å². The van der Waals surface area contributed by atoms with Gasteiger partial charge in [-0.05, 0) is 0 Å². The Morgan fingerprint density at radius 1 is 1.17 bits per heavy atom. The third-order valence-electron chi connectivity index (χ3n) is 0. The molecule has 0 amide bonds. The fourth-order valence-electron chi connectivity index (χ4n) is 0. The molecule has 0 saturated heterocycles. The van der Waals surface area contributed by atoms with E-state index in [1.165, 1.54) is 0 Å². The maximum absolute atomic E-state index is 2.92. The molecule has 0 radical (unpaired) electrons. The number of rotatable bonds is 0. The van der Waals surface area contributed by atoms with E-state index in [-0.39, 0.29) is 13.3 Å². The second-order valence-electron chi connectivity index (χ2n) is 0.121. The zero-order chi connectivity index (χ0) is 5.41. The molecule has 0 atom stereocenters. The van der Waals surface area contributed by atoms with E-state index in [1.54, 1.807) is 0 Å². The van der Waals surface area contributed by atoms with E-state index in [0.29, 0.717) is 12.8 Å². The molecule has 0 N–H and O–H groups in total. The van der Waals surface area contributed by atoms with Crippen LogP contribution in [0, 0.1) is 0 Å². The van der Waals surface area contributed by atoms with E-state index in [9.17, 15) is 0 Å². The molecular weight excluding hydrogens is 606 g/mol. The molecular formula is PdSe4W. The Kier molecular flexibility index (Phi) is 31.9. The van der Waals surface area contributed by atoms with Gasteiger partial charge in [-0.1, -0.05) is 0 Å². The minimum absolute atomic E-state index is 0.000000000000000111. The molecule has 0 fully saturated rings. The standard InChI is InChI=1S/Pd.4Se.W. The molecule has 0 unspecified atom stereocenters. The van der Waals surface area contributed by atoms with Gasteiger partial charge in [0.05, 0.1) is 0 Å². The molecule has 0 bridgehead atoms. The topological polar surface area (TPSA) is 0 Å². The van der Waals surface area contributed by atoms with Crippen LogP contribution < -0.4 is 0 Å². The Morgan fingerprint density at radius 2 is 1.17 bits per heavy atom. The van der Waals surface area contributed by atoms with Crippen molar-refractivity contribution in [1.29, 1.82) is 0 Å². The van der Waals surface area contributed by atoms with Crippen LogP contribution in [0.3, 0.4) is 0 Å². The fraction of sp³-hybridized carbons (Fsp3) is 0. The molecule has 0 aromatic heterocycles. The predicted octanol–water partition coefficient (Wildman–Crippen LogP) is -1.53. The first-order chi connectivity index (χ1) is 2.83. The quantitative estimate of drug-likeness (QED) is 0.294. The normalized spacial score (nSPS) is 5.33. The van der Waals surface area contributed by atoms with Crippen molar-refractivity contribution in [3.63, 3.8) is 0 Å². The van der Waals surface area contributed by atoms with E-state index in [1.807, 2.05) is 0 Å². The van der Waals surface area contributed by atoms with Crippen LogP contribution in [0.25, 0.3) is 0 Å². The summed E-state index contributed by atoms with van der Waals surface area (Å²) in [6.45, 7) is 0. The van der Waals surface area contributed by atoms with Gasteiger partial charge >= 0.3 is 77.6 Å². The van der Waals surface area contributed by atoms with Crippen molar-refractivity contribution < 1.29 is 26.0 Å². The van der Waals surface area contributed by atoms with Crippen LogP contribution in [-0.4, -0.2) is 51.5 Å². The fourth-order valence-corrected chi connectivity index (χ4v) is 0. The average Bonchev–Trinajstić information content (AvgIpc) is 1.39. The molecule has 0 spiro atoms. The number of hydrogen-bond donors (Lipinski definition) is 0.